The fraction of sp³-hybridized carbons (Fsp3) is 0.444. The second kappa shape index (κ2) is 11.6. The number of aromatic nitrogens is 2. The molecule has 1 aromatic heterocycles. The zero-order chi connectivity index (χ0) is 17.1. The first kappa shape index (κ1) is 25.8. The maximum atomic E-state index is 13.2. The van der Waals surface area contributed by atoms with Gasteiger partial charge in [0.15, 0.2) is 0 Å². The van der Waals surface area contributed by atoms with Crippen molar-refractivity contribution in [1.29, 1.82) is 0 Å². The predicted molar refractivity (Wildman–Crippen MR) is 116 cm³/mol. The molecule has 2 aromatic rings. The van der Waals surface area contributed by atoms with E-state index in [0.717, 1.165) is 61.5 Å². The van der Waals surface area contributed by atoms with E-state index in [1.807, 2.05) is 0 Å². The van der Waals surface area contributed by atoms with Crippen LogP contribution in [-0.4, -0.2) is 53.5 Å². The highest BCUT2D eigenvalue weighted by molar-refractivity contribution is 5.86. The second-order valence-electron chi connectivity index (χ2n) is 6.55. The van der Waals surface area contributed by atoms with Crippen molar-refractivity contribution in [3.8, 4) is 11.3 Å². The molecule has 2 N–H and O–H groups in total. The van der Waals surface area contributed by atoms with E-state index in [2.05, 4.69) is 33.9 Å². The molecule has 0 saturated carbocycles. The maximum absolute atomic E-state index is 13.2. The average Bonchev–Trinajstić information content (AvgIpc) is 2.55. The van der Waals surface area contributed by atoms with Crippen LogP contribution in [0, 0.1) is 5.82 Å². The van der Waals surface area contributed by atoms with Crippen molar-refractivity contribution in [3.63, 3.8) is 0 Å². The van der Waals surface area contributed by atoms with Crippen molar-refractivity contribution in [2.24, 2.45) is 0 Å². The van der Waals surface area contributed by atoms with Crippen LogP contribution < -0.4 is 5.73 Å². The van der Waals surface area contributed by atoms with Gasteiger partial charge in [0.2, 0.25) is 5.95 Å². The molecule has 0 bridgehead atoms. The number of fused-ring (bicyclic) bond motifs is 1. The van der Waals surface area contributed by atoms with Crippen LogP contribution in [0.4, 0.5) is 10.3 Å². The van der Waals surface area contributed by atoms with E-state index < -0.39 is 0 Å². The van der Waals surface area contributed by atoms with Gasteiger partial charge in [0.25, 0.3) is 0 Å². The molecule has 1 aliphatic rings. The third-order valence-electron chi connectivity index (χ3n) is 4.35. The highest BCUT2D eigenvalue weighted by atomic mass is 35.5. The molecule has 0 radical (unpaired) electrons. The van der Waals surface area contributed by atoms with E-state index in [0.29, 0.717) is 0 Å². The zero-order valence-electron chi connectivity index (χ0n) is 15.5. The first-order valence-electron chi connectivity index (χ1n) is 8.31. The van der Waals surface area contributed by atoms with E-state index in [1.165, 1.54) is 12.1 Å². The minimum Gasteiger partial charge on any atom is -0.368 e. The third kappa shape index (κ3) is 6.73. The van der Waals surface area contributed by atoms with E-state index >= 15 is 0 Å². The van der Waals surface area contributed by atoms with E-state index in [-0.39, 0.29) is 49.0 Å². The van der Waals surface area contributed by atoms with Crippen molar-refractivity contribution in [2.45, 2.75) is 19.4 Å². The fourth-order valence-electron chi connectivity index (χ4n) is 3.14. The summed E-state index contributed by atoms with van der Waals surface area (Å²) in [6.45, 7) is 3.92. The Kier molecular flexibility index (Phi) is 11.1. The van der Waals surface area contributed by atoms with Crippen LogP contribution in [0.2, 0.25) is 0 Å². The van der Waals surface area contributed by atoms with Crippen molar-refractivity contribution >= 4 is 43.2 Å². The maximum Gasteiger partial charge on any atom is 0.220 e. The van der Waals surface area contributed by atoms with E-state index in [1.54, 1.807) is 12.1 Å². The minimum absolute atomic E-state index is 0. The summed E-state index contributed by atoms with van der Waals surface area (Å²) in [6.07, 6.45) is 2.00. The lowest BCUT2D eigenvalue weighted by Gasteiger charge is -2.29. The lowest BCUT2D eigenvalue weighted by molar-refractivity contribution is 0.236. The average molecular weight is 439 g/mol. The van der Waals surface area contributed by atoms with Crippen LogP contribution in [0.1, 0.15) is 17.7 Å². The predicted octanol–water partition coefficient (Wildman–Crippen LogP) is 3.44. The summed E-state index contributed by atoms with van der Waals surface area (Å²) in [5, 5.41) is 0. The van der Waals surface area contributed by atoms with Gasteiger partial charge in [-0.15, -0.1) is 37.2 Å². The number of halogens is 4. The van der Waals surface area contributed by atoms with Crippen LogP contribution >= 0.6 is 37.2 Å². The van der Waals surface area contributed by atoms with Crippen LogP contribution in [0.15, 0.2) is 24.3 Å². The Bertz CT molecular complexity index is 713. The van der Waals surface area contributed by atoms with Gasteiger partial charge in [0.05, 0.1) is 11.4 Å². The minimum atomic E-state index is -0.250. The number of nitrogens with zero attached hydrogens (tertiary/aromatic N) is 4. The monoisotopic (exact) mass is 437 g/mol. The first-order valence-corrected chi connectivity index (χ1v) is 8.31. The summed E-state index contributed by atoms with van der Waals surface area (Å²) < 4.78 is 13.2. The SMILES string of the molecule is CN(C)CCCN1CCc2nc(N)nc(-c3ccc(F)cc3)c2C1.Cl.Cl.Cl. The van der Waals surface area contributed by atoms with Gasteiger partial charge in [-0.05, 0) is 57.9 Å². The summed E-state index contributed by atoms with van der Waals surface area (Å²) in [4.78, 5) is 13.5. The normalized spacial score (nSPS) is 13.2. The van der Waals surface area contributed by atoms with Gasteiger partial charge >= 0.3 is 0 Å². The van der Waals surface area contributed by atoms with Crippen LogP contribution in [0.5, 0.6) is 0 Å². The number of rotatable bonds is 5. The molecule has 1 aliphatic heterocycles. The Morgan fingerprint density at radius 2 is 1.78 bits per heavy atom. The number of nitrogen functional groups attached to an aromatic ring is 1. The molecular formula is C18H27Cl3FN5. The molecule has 0 unspecified atom stereocenters. The second-order valence-corrected chi connectivity index (χ2v) is 6.55. The van der Waals surface area contributed by atoms with Gasteiger partial charge in [-0.3, -0.25) is 4.90 Å². The summed E-state index contributed by atoms with van der Waals surface area (Å²) in [7, 11) is 4.18. The quantitative estimate of drug-likeness (QED) is 0.775. The fourth-order valence-corrected chi connectivity index (χ4v) is 3.14. The number of benzene rings is 1. The van der Waals surface area contributed by atoms with Crippen molar-refractivity contribution in [1.82, 2.24) is 19.8 Å². The van der Waals surface area contributed by atoms with Crippen molar-refractivity contribution < 1.29 is 4.39 Å². The molecule has 0 aliphatic carbocycles. The Balaban J connectivity index is 0.00000225. The van der Waals surface area contributed by atoms with Crippen LogP contribution in [0.3, 0.4) is 0 Å². The molecule has 0 saturated heterocycles. The molecule has 0 fully saturated rings. The smallest absolute Gasteiger partial charge is 0.220 e. The van der Waals surface area contributed by atoms with E-state index in [9.17, 15) is 4.39 Å². The highest BCUT2D eigenvalue weighted by Crippen LogP contribution is 2.29. The summed E-state index contributed by atoms with van der Waals surface area (Å²) >= 11 is 0. The molecule has 152 valence electrons. The zero-order valence-corrected chi connectivity index (χ0v) is 18.0. The molecule has 0 atom stereocenters. The molecule has 9 heteroatoms. The van der Waals surface area contributed by atoms with Gasteiger partial charge < -0.3 is 10.6 Å². The summed E-state index contributed by atoms with van der Waals surface area (Å²) in [5.41, 5.74) is 9.73. The topological polar surface area (TPSA) is 58.3 Å². The lowest BCUT2D eigenvalue weighted by Crippen LogP contribution is -2.34. The van der Waals surface area contributed by atoms with Crippen LogP contribution in [-0.2, 0) is 13.0 Å². The van der Waals surface area contributed by atoms with E-state index in [4.69, 9.17) is 5.73 Å². The van der Waals surface area contributed by atoms with Gasteiger partial charge in [-0.25, -0.2) is 14.4 Å². The molecule has 3 rings (SSSR count). The van der Waals surface area contributed by atoms with Crippen molar-refractivity contribution in [2.75, 3.05) is 39.5 Å². The first-order chi connectivity index (χ1) is 11.5. The molecule has 0 spiro atoms. The van der Waals surface area contributed by atoms with Crippen molar-refractivity contribution in [3.05, 3.63) is 41.3 Å². The largest absolute Gasteiger partial charge is 0.368 e. The molecule has 1 aromatic carbocycles. The number of nitrogens with two attached hydrogens (primary N) is 1. The molecule has 2 heterocycles. The Morgan fingerprint density at radius 3 is 2.41 bits per heavy atom. The Hall–Kier alpha value is -1.18. The molecule has 0 amide bonds. The molecular weight excluding hydrogens is 412 g/mol. The highest BCUT2D eigenvalue weighted by Gasteiger charge is 2.22. The van der Waals surface area contributed by atoms with Crippen LogP contribution in [0.25, 0.3) is 11.3 Å². The Morgan fingerprint density at radius 1 is 1.11 bits per heavy atom. The van der Waals surface area contributed by atoms with Gasteiger partial charge in [-0.1, -0.05) is 0 Å². The third-order valence-corrected chi connectivity index (χ3v) is 4.35. The number of anilines is 1. The summed E-state index contributed by atoms with van der Waals surface area (Å²) in [6, 6.07) is 6.42. The lowest BCUT2D eigenvalue weighted by atomic mass is 9.99. The summed E-state index contributed by atoms with van der Waals surface area (Å²) in [5.74, 6) is 0.0362. The van der Waals surface area contributed by atoms with Gasteiger partial charge in [0, 0.05) is 30.6 Å². The molecule has 27 heavy (non-hydrogen) atoms. The molecule has 5 nitrogen and oxygen atoms in total. The van der Waals surface area contributed by atoms with Gasteiger partial charge in [-0.2, -0.15) is 0 Å². The van der Waals surface area contributed by atoms with Gasteiger partial charge in [0.1, 0.15) is 5.82 Å². The number of hydrogen-bond donors (Lipinski definition) is 1. The number of hydrogen-bond acceptors (Lipinski definition) is 5. The standard InChI is InChI=1S/C18H24FN5.3ClH/c1-23(2)9-3-10-24-11-8-16-15(12-24)17(22-18(20)21-16)13-4-6-14(19)7-5-13;;;/h4-7H,3,8-12H2,1-2H3,(H2,20,21,22);3*1H. The Labute approximate surface area is 178 Å².